The van der Waals surface area contributed by atoms with Crippen molar-refractivity contribution in [1.82, 2.24) is 4.98 Å². The van der Waals surface area contributed by atoms with E-state index in [1.807, 2.05) is 6.07 Å². The van der Waals surface area contributed by atoms with Gasteiger partial charge >= 0.3 is 6.18 Å². The number of halogens is 4. The van der Waals surface area contributed by atoms with Crippen molar-refractivity contribution in [2.24, 2.45) is 0 Å². The number of hydrogen-bond acceptors (Lipinski definition) is 3. The van der Waals surface area contributed by atoms with Crippen molar-refractivity contribution < 1.29 is 13.2 Å². The van der Waals surface area contributed by atoms with Crippen molar-refractivity contribution >= 4 is 33.3 Å². The van der Waals surface area contributed by atoms with Gasteiger partial charge in [-0.05, 0) is 30.3 Å². The number of rotatable bonds is 3. The molecule has 2 aromatic rings. The zero-order valence-corrected chi connectivity index (χ0v) is 12.0. The molecule has 0 unspecified atom stereocenters. The molecule has 0 aliphatic rings. The summed E-state index contributed by atoms with van der Waals surface area (Å²) in [5.74, 6) is 0.277. The number of hydrogen-bond donors (Lipinski definition) is 2. The van der Waals surface area contributed by atoms with Crippen LogP contribution in [0, 0.1) is 0 Å². The lowest BCUT2D eigenvalue weighted by atomic mass is 10.2. The quantitative estimate of drug-likeness (QED) is 0.850. The Balaban J connectivity index is 2.36. The van der Waals surface area contributed by atoms with Crippen LogP contribution >= 0.6 is 15.9 Å². The van der Waals surface area contributed by atoms with Gasteiger partial charge in [0.15, 0.2) is 0 Å². The first-order valence-electron chi connectivity index (χ1n) is 5.68. The molecule has 0 aliphatic carbocycles. The maximum atomic E-state index is 12.8. The second kappa shape index (κ2) is 5.70. The zero-order valence-electron chi connectivity index (χ0n) is 10.4. The molecule has 106 valence electrons. The molecule has 1 aromatic heterocycles. The molecule has 1 aromatic carbocycles. The van der Waals surface area contributed by atoms with Gasteiger partial charge in [-0.25, -0.2) is 4.98 Å². The van der Waals surface area contributed by atoms with Gasteiger partial charge in [-0.1, -0.05) is 22.0 Å². The predicted octanol–water partition coefficient (Wildman–Crippen LogP) is 4.65. The minimum absolute atomic E-state index is 0.127. The molecule has 2 N–H and O–H groups in total. The molecule has 0 fully saturated rings. The predicted molar refractivity (Wildman–Crippen MR) is 76.2 cm³/mol. The number of aromatic nitrogens is 1. The van der Waals surface area contributed by atoms with E-state index in [0.29, 0.717) is 5.69 Å². The van der Waals surface area contributed by atoms with E-state index in [4.69, 9.17) is 0 Å². The molecule has 7 heteroatoms. The highest BCUT2D eigenvalue weighted by molar-refractivity contribution is 9.10. The van der Waals surface area contributed by atoms with Crippen LogP contribution in [0.1, 0.15) is 5.56 Å². The summed E-state index contributed by atoms with van der Waals surface area (Å²) in [6.07, 6.45) is -4.41. The minimum Gasteiger partial charge on any atom is -0.373 e. The maximum Gasteiger partial charge on any atom is 0.416 e. The third-order valence-corrected chi connectivity index (χ3v) is 3.00. The lowest BCUT2D eigenvalue weighted by molar-refractivity contribution is -0.137. The van der Waals surface area contributed by atoms with E-state index < -0.39 is 11.7 Å². The Bertz CT molecular complexity index is 614. The Morgan fingerprint density at radius 2 is 1.80 bits per heavy atom. The molecule has 1 heterocycles. The first-order valence-corrected chi connectivity index (χ1v) is 6.47. The Hall–Kier alpha value is -1.76. The smallest absolute Gasteiger partial charge is 0.373 e. The van der Waals surface area contributed by atoms with Gasteiger partial charge in [-0.15, -0.1) is 0 Å². The van der Waals surface area contributed by atoms with Gasteiger partial charge in [0.25, 0.3) is 0 Å². The van der Waals surface area contributed by atoms with E-state index in [0.717, 1.165) is 16.6 Å². The van der Waals surface area contributed by atoms with Crippen LogP contribution in [0.2, 0.25) is 0 Å². The maximum absolute atomic E-state index is 12.8. The Morgan fingerprint density at radius 3 is 2.40 bits per heavy atom. The molecule has 2 rings (SSSR count). The van der Waals surface area contributed by atoms with Gasteiger partial charge in [-0.3, -0.25) is 0 Å². The standard InChI is InChI=1S/C13H11BrF3N3/c1-18-11-5-8(13(15,16)17)6-12(20-11)19-10-4-2-3-9(14)7-10/h2-7H,1H3,(H2,18,19,20). The molecule has 0 radical (unpaired) electrons. The number of alkyl halides is 3. The highest BCUT2D eigenvalue weighted by Crippen LogP contribution is 2.32. The van der Waals surface area contributed by atoms with Crippen LogP contribution in [0.5, 0.6) is 0 Å². The summed E-state index contributed by atoms with van der Waals surface area (Å²) in [5, 5.41) is 5.47. The van der Waals surface area contributed by atoms with Crippen LogP contribution < -0.4 is 10.6 Å². The molecule has 0 saturated carbocycles. The first-order chi connectivity index (χ1) is 9.38. The van der Waals surface area contributed by atoms with Gasteiger partial charge in [0.1, 0.15) is 11.6 Å². The van der Waals surface area contributed by atoms with Crippen LogP contribution in [0.25, 0.3) is 0 Å². The molecule has 3 nitrogen and oxygen atoms in total. The molecule has 0 spiro atoms. The fourth-order valence-corrected chi connectivity index (χ4v) is 2.00. The largest absolute Gasteiger partial charge is 0.416 e. The van der Waals surface area contributed by atoms with E-state index in [2.05, 4.69) is 31.5 Å². The number of nitrogens with zero attached hydrogens (tertiary/aromatic N) is 1. The minimum atomic E-state index is -4.41. The van der Waals surface area contributed by atoms with E-state index >= 15 is 0 Å². The average Bonchev–Trinajstić information content (AvgIpc) is 2.37. The number of anilines is 3. The van der Waals surface area contributed by atoms with Crippen LogP contribution in [-0.4, -0.2) is 12.0 Å². The van der Waals surface area contributed by atoms with E-state index in [1.54, 1.807) is 18.2 Å². The fraction of sp³-hybridized carbons (Fsp3) is 0.154. The van der Waals surface area contributed by atoms with E-state index in [1.165, 1.54) is 7.05 Å². The average molecular weight is 346 g/mol. The van der Waals surface area contributed by atoms with E-state index in [-0.39, 0.29) is 11.6 Å². The van der Waals surface area contributed by atoms with Crippen molar-refractivity contribution in [1.29, 1.82) is 0 Å². The van der Waals surface area contributed by atoms with Gasteiger partial charge in [-0.2, -0.15) is 13.2 Å². The molecule has 0 aliphatic heterocycles. The topological polar surface area (TPSA) is 37.0 Å². The number of nitrogens with one attached hydrogen (secondary N) is 2. The molecule has 0 amide bonds. The lowest BCUT2D eigenvalue weighted by Crippen LogP contribution is -2.08. The molecule has 0 saturated heterocycles. The number of benzene rings is 1. The highest BCUT2D eigenvalue weighted by Gasteiger charge is 2.31. The number of pyridine rings is 1. The Morgan fingerprint density at radius 1 is 1.10 bits per heavy atom. The van der Waals surface area contributed by atoms with Gasteiger partial charge in [0, 0.05) is 17.2 Å². The molecule has 0 atom stereocenters. The van der Waals surface area contributed by atoms with Crippen molar-refractivity contribution in [3.8, 4) is 0 Å². The summed E-state index contributed by atoms with van der Waals surface area (Å²) in [6.45, 7) is 0. The summed E-state index contributed by atoms with van der Waals surface area (Å²) in [5.41, 5.74) is -0.109. The van der Waals surface area contributed by atoms with Crippen LogP contribution in [0.4, 0.5) is 30.5 Å². The summed E-state index contributed by atoms with van der Waals surface area (Å²) in [6, 6.07) is 9.03. The van der Waals surface area contributed by atoms with Crippen molar-refractivity contribution in [2.75, 3.05) is 17.7 Å². The van der Waals surface area contributed by atoms with Crippen molar-refractivity contribution in [3.05, 3.63) is 46.4 Å². The molecule has 20 heavy (non-hydrogen) atoms. The van der Waals surface area contributed by atoms with Gasteiger partial charge in [0.05, 0.1) is 5.56 Å². The Labute approximate surface area is 122 Å². The van der Waals surface area contributed by atoms with Crippen molar-refractivity contribution in [3.63, 3.8) is 0 Å². The first kappa shape index (κ1) is 14.6. The van der Waals surface area contributed by atoms with Crippen molar-refractivity contribution in [2.45, 2.75) is 6.18 Å². The normalized spacial score (nSPS) is 11.2. The Kier molecular flexibility index (Phi) is 4.17. The van der Waals surface area contributed by atoms with Crippen LogP contribution in [0.15, 0.2) is 40.9 Å². The van der Waals surface area contributed by atoms with Crippen LogP contribution in [-0.2, 0) is 6.18 Å². The van der Waals surface area contributed by atoms with Crippen LogP contribution in [0.3, 0.4) is 0 Å². The summed E-state index contributed by atoms with van der Waals surface area (Å²) in [4.78, 5) is 4.05. The summed E-state index contributed by atoms with van der Waals surface area (Å²) >= 11 is 3.30. The zero-order chi connectivity index (χ0) is 14.8. The summed E-state index contributed by atoms with van der Waals surface area (Å²) < 4.78 is 39.2. The highest BCUT2D eigenvalue weighted by atomic mass is 79.9. The third kappa shape index (κ3) is 3.63. The lowest BCUT2D eigenvalue weighted by Gasteiger charge is -2.12. The second-order valence-electron chi connectivity index (χ2n) is 4.01. The van der Waals surface area contributed by atoms with Gasteiger partial charge in [0.2, 0.25) is 0 Å². The monoisotopic (exact) mass is 345 g/mol. The SMILES string of the molecule is CNc1cc(C(F)(F)F)cc(Nc2cccc(Br)c2)n1. The van der Waals surface area contributed by atoms with E-state index in [9.17, 15) is 13.2 Å². The second-order valence-corrected chi connectivity index (χ2v) is 4.93. The summed E-state index contributed by atoms with van der Waals surface area (Å²) in [7, 11) is 1.52. The molecular formula is C13H11BrF3N3. The fourth-order valence-electron chi connectivity index (χ4n) is 1.60. The van der Waals surface area contributed by atoms with Gasteiger partial charge < -0.3 is 10.6 Å². The third-order valence-electron chi connectivity index (χ3n) is 2.51. The molecule has 0 bridgehead atoms. The molecular weight excluding hydrogens is 335 g/mol.